The number of fused-ring (bicyclic) bond motifs is 2. The quantitative estimate of drug-likeness (QED) is 0.225. The van der Waals surface area contributed by atoms with Crippen LogP contribution in [-0.2, 0) is 4.79 Å². The average molecular weight is 386 g/mol. The summed E-state index contributed by atoms with van der Waals surface area (Å²) >= 11 is 0. The molecule has 0 unspecified atom stereocenters. The molecule has 0 saturated heterocycles. The number of carbonyl (C=O) groups is 1. The van der Waals surface area contributed by atoms with Gasteiger partial charge < -0.3 is 0 Å². The molecule has 2 aliphatic carbocycles. The van der Waals surface area contributed by atoms with Crippen molar-refractivity contribution in [3.8, 4) is 0 Å². The van der Waals surface area contributed by atoms with E-state index in [0.29, 0.717) is 5.84 Å². The van der Waals surface area contributed by atoms with Crippen molar-refractivity contribution in [1.82, 2.24) is 0 Å². The van der Waals surface area contributed by atoms with Gasteiger partial charge in [0.25, 0.3) is 0 Å². The number of amidine groups is 1. The Morgan fingerprint density at radius 1 is 1.03 bits per heavy atom. The van der Waals surface area contributed by atoms with E-state index in [0.717, 1.165) is 29.8 Å². The van der Waals surface area contributed by atoms with Crippen molar-refractivity contribution in [1.29, 1.82) is 0 Å². The van der Waals surface area contributed by atoms with E-state index in [1.165, 1.54) is 0 Å². The molecule has 1 N–H and O–H groups in total. The van der Waals surface area contributed by atoms with E-state index in [1.54, 1.807) is 0 Å². The van der Waals surface area contributed by atoms with Crippen molar-refractivity contribution in [3.63, 3.8) is 0 Å². The molecule has 2 aromatic rings. The number of nitrogens with one attached hydrogen (secondary N) is 1. The first kappa shape index (κ1) is 19.2. The number of rotatable bonds is 4. The van der Waals surface area contributed by atoms with E-state index < -0.39 is 0 Å². The van der Waals surface area contributed by atoms with Crippen LogP contribution in [0, 0.1) is 16.7 Å². The van der Waals surface area contributed by atoms with Gasteiger partial charge in [0.2, 0.25) is 0 Å². The van der Waals surface area contributed by atoms with Gasteiger partial charge in [-0.2, -0.15) is 5.10 Å². The number of nitrogens with zero attached hydrogens (tertiary/aromatic N) is 3. The molecule has 0 amide bonds. The number of Topliss-reactive ketones (excluding diaryl/α,β-unsaturated/α-hetero) is 1. The Hall–Kier alpha value is -3.08. The minimum atomic E-state index is -0.307. The van der Waals surface area contributed by atoms with E-state index in [9.17, 15) is 4.79 Å². The summed E-state index contributed by atoms with van der Waals surface area (Å²) in [7, 11) is 0. The summed E-state index contributed by atoms with van der Waals surface area (Å²) < 4.78 is 0. The van der Waals surface area contributed by atoms with Crippen LogP contribution in [0.3, 0.4) is 0 Å². The standard InChI is InChI=1S/C24H26N4O/c1-23(2)20-14-15-24(23,3)22(29)19(20)16-21(27-25-17-10-6-4-7-11-17)28-26-18-12-8-5-9-13-18/h4-13,16,20,25H,14-15H2,1-3H3/t20-,24+/m0/s1. The van der Waals surface area contributed by atoms with Crippen molar-refractivity contribution in [2.24, 2.45) is 32.1 Å². The van der Waals surface area contributed by atoms with Crippen LogP contribution in [0.5, 0.6) is 0 Å². The van der Waals surface area contributed by atoms with Crippen LogP contribution in [0.1, 0.15) is 33.6 Å². The summed E-state index contributed by atoms with van der Waals surface area (Å²) in [6.07, 6.45) is 3.79. The molecule has 0 radical (unpaired) electrons. The number of hydrogen-bond acceptors (Lipinski definition) is 4. The van der Waals surface area contributed by atoms with Crippen LogP contribution in [0.15, 0.2) is 87.6 Å². The van der Waals surface area contributed by atoms with Crippen molar-refractivity contribution < 1.29 is 4.79 Å². The van der Waals surface area contributed by atoms with Crippen LogP contribution in [0.2, 0.25) is 0 Å². The second-order valence-electron chi connectivity index (χ2n) is 8.56. The molecule has 5 heteroatoms. The number of benzene rings is 2. The van der Waals surface area contributed by atoms with Gasteiger partial charge in [0.05, 0.1) is 11.4 Å². The first-order valence-corrected chi connectivity index (χ1v) is 10.0. The largest absolute Gasteiger partial charge is 0.294 e. The zero-order valence-electron chi connectivity index (χ0n) is 17.1. The van der Waals surface area contributed by atoms with Crippen LogP contribution in [0.25, 0.3) is 0 Å². The topological polar surface area (TPSA) is 66.2 Å². The average Bonchev–Trinajstić information content (AvgIpc) is 3.05. The Morgan fingerprint density at radius 2 is 1.69 bits per heavy atom. The molecule has 0 spiro atoms. The summed E-state index contributed by atoms with van der Waals surface area (Å²) in [6, 6.07) is 19.2. The highest BCUT2D eigenvalue weighted by Crippen LogP contribution is 2.65. The molecule has 2 fully saturated rings. The second kappa shape index (κ2) is 7.39. The van der Waals surface area contributed by atoms with Crippen molar-refractivity contribution in [2.75, 3.05) is 5.43 Å². The third-order valence-electron chi connectivity index (χ3n) is 6.75. The minimum absolute atomic E-state index is 0.0511. The predicted molar refractivity (Wildman–Crippen MR) is 116 cm³/mol. The first-order chi connectivity index (χ1) is 13.9. The van der Waals surface area contributed by atoms with Gasteiger partial charge >= 0.3 is 0 Å². The molecular formula is C24H26N4O. The Balaban J connectivity index is 1.68. The van der Waals surface area contributed by atoms with Crippen LogP contribution >= 0.6 is 0 Å². The Morgan fingerprint density at radius 3 is 2.31 bits per heavy atom. The Labute approximate surface area is 171 Å². The third kappa shape index (κ3) is 3.41. The highest BCUT2D eigenvalue weighted by molar-refractivity contribution is 6.10. The number of allylic oxidation sites excluding steroid dienone is 1. The van der Waals surface area contributed by atoms with Crippen molar-refractivity contribution in [3.05, 3.63) is 72.3 Å². The summed E-state index contributed by atoms with van der Waals surface area (Å²) in [5.74, 6) is 0.850. The van der Waals surface area contributed by atoms with Gasteiger partial charge in [-0.05, 0) is 54.5 Å². The maximum atomic E-state index is 13.2. The summed E-state index contributed by atoms with van der Waals surface area (Å²) in [5.41, 5.74) is 5.08. The zero-order chi connectivity index (χ0) is 20.5. The zero-order valence-corrected chi connectivity index (χ0v) is 17.1. The molecule has 2 aliphatic rings. The number of para-hydroxylation sites is 1. The minimum Gasteiger partial charge on any atom is -0.294 e. The van der Waals surface area contributed by atoms with Crippen LogP contribution < -0.4 is 5.43 Å². The van der Waals surface area contributed by atoms with Gasteiger partial charge in [0.1, 0.15) is 0 Å². The molecular weight excluding hydrogens is 360 g/mol. The fraction of sp³-hybridized carbons (Fsp3) is 0.333. The van der Waals surface area contributed by atoms with Gasteiger partial charge in [0, 0.05) is 11.0 Å². The molecule has 2 aromatic carbocycles. The molecule has 0 heterocycles. The fourth-order valence-electron chi connectivity index (χ4n) is 4.55. The molecule has 148 valence electrons. The number of ketones is 1. The Bertz CT molecular complexity index is 992. The maximum absolute atomic E-state index is 13.2. The number of hydrazone groups is 1. The van der Waals surface area contributed by atoms with Crippen LogP contribution in [0.4, 0.5) is 11.4 Å². The van der Waals surface area contributed by atoms with Gasteiger partial charge in [-0.25, -0.2) is 0 Å². The second-order valence-corrected chi connectivity index (χ2v) is 8.56. The van der Waals surface area contributed by atoms with E-state index >= 15 is 0 Å². The molecule has 0 aromatic heterocycles. The predicted octanol–water partition coefficient (Wildman–Crippen LogP) is 6.15. The number of hydrogen-bond donors (Lipinski definition) is 1. The molecule has 2 saturated carbocycles. The molecule has 0 aliphatic heterocycles. The number of azo groups is 1. The monoisotopic (exact) mass is 386 g/mol. The van der Waals surface area contributed by atoms with Gasteiger partial charge in [-0.3, -0.25) is 10.2 Å². The fourth-order valence-corrected chi connectivity index (χ4v) is 4.55. The molecule has 29 heavy (non-hydrogen) atoms. The van der Waals surface area contributed by atoms with E-state index in [4.69, 9.17) is 0 Å². The van der Waals surface area contributed by atoms with Crippen molar-refractivity contribution in [2.45, 2.75) is 33.6 Å². The number of anilines is 1. The molecule has 2 atom stereocenters. The molecule has 2 bridgehead atoms. The highest BCUT2D eigenvalue weighted by atomic mass is 16.1. The molecule has 5 nitrogen and oxygen atoms in total. The summed E-state index contributed by atoms with van der Waals surface area (Å²) in [5, 5.41) is 13.1. The van der Waals surface area contributed by atoms with Gasteiger partial charge in [-0.1, -0.05) is 57.2 Å². The Kier molecular flexibility index (Phi) is 4.91. The summed E-state index contributed by atoms with van der Waals surface area (Å²) in [6.45, 7) is 6.50. The number of carbonyl (C=O) groups excluding carboxylic acids is 1. The molecule has 4 rings (SSSR count). The first-order valence-electron chi connectivity index (χ1n) is 10.0. The third-order valence-corrected chi connectivity index (χ3v) is 6.75. The lowest BCUT2D eigenvalue weighted by Crippen LogP contribution is -2.32. The smallest absolute Gasteiger partial charge is 0.194 e. The lowest BCUT2D eigenvalue weighted by molar-refractivity contribution is -0.125. The van der Waals surface area contributed by atoms with E-state index in [1.807, 2.05) is 66.7 Å². The van der Waals surface area contributed by atoms with E-state index in [2.05, 4.69) is 41.5 Å². The maximum Gasteiger partial charge on any atom is 0.194 e. The summed E-state index contributed by atoms with van der Waals surface area (Å²) in [4.78, 5) is 13.2. The van der Waals surface area contributed by atoms with Gasteiger partial charge in [-0.15, -0.1) is 10.2 Å². The lowest BCUT2D eigenvalue weighted by Gasteiger charge is -2.31. The SMILES string of the molecule is CC1(C)[C@H]2CC[C@]1(C)C(=O)C2=CC(N=Nc1ccccc1)=NNc1ccccc1. The van der Waals surface area contributed by atoms with E-state index in [-0.39, 0.29) is 22.5 Å². The van der Waals surface area contributed by atoms with Crippen LogP contribution in [-0.4, -0.2) is 11.6 Å². The van der Waals surface area contributed by atoms with Crippen molar-refractivity contribution >= 4 is 23.0 Å². The highest BCUT2D eigenvalue weighted by Gasteiger charge is 2.63. The normalized spacial score (nSPS) is 27.1. The lowest BCUT2D eigenvalue weighted by atomic mass is 9.70. The van der Waals surface area contributed by atoms with Gasteiger partial charge in [0.15, 0.2) is 11.6 Å².